The summed E-state index contributed by atoms with van der Waals surface area (Å²) in [6.45, 7) is 0.441. The number of carbonyl (C=O) groups excluding carboxylic acids is 2. The molecule has 0 spiro atoms. The van der Waals surface area contributed by atoms with Gasteiger partial charge in [0.25, 0.3) is 0 Å². The molecule has 1 aliphatic rings. The van der Waals surface area contributed by atoms with Crippen molar-refractivity contribution in [2.24, 2.45) is 5.73 Å². The van der Waals surface area contributed by atoms with E-state index >= 15 is 0 Å². The molecule has 0 bridgehead atoms. The molecule has 0 radical (unpaired) electrons. The third-order valence-corrected chi connectivity index (χ3v) is 3.91. The molecular weight excluding hydrogens is 302 g/mol. The zero-order valence-electron chi connectivity index (χ0n) is 10.9. The molecule has 1 saturated heterocycles. The van der Waals surface area contributed by atoms with Gasteiger partial charge in [0, 0.05) is 18.1 Å². The van der Waals surface area contributed by atoms with Gasteiger partial charge in [0.05, 0.1) is 6.04 Å². The topological polar surface area (TPSA) is 113 Å². The number of rotatable bonds is 6. The first kappa shape index (κ1) is 17.1. The molecule has 20 heavy (non-hydrogen) atoms. The zero-order chi connectivity index (χ0) is 15.3. The summed E-state index contributed by atoms with van der Waals surface area (Å²) in [6, 6.07) is -2.50. The Morgan fingerprint density at radius 3 is 2.50 bits per heavy atom. The fourth-order valence-electron chi connectivity index (χ4n) is 2.05. The van der Waals surface area contributed by atoms with Crippen LogP contribution in [0.2, 0.25) is 0 Å². The van der Waals surface area contributed by atoms with Crippen molar-refractivity contribution in [1.82, 2.24) is 10.2 Å². The molecule has 4 N–H and O–H groups in total. The van der Waals surface area contributed by atoms with Gasteiger partial charge in [-0.05, 0) is 12.8 Å². The molecule has 0 unspecified atom stereocenters. The molecule has 0 aromatic rings. The number of nitrogens with zero attached hydrogens (tertiary/aromatic N) is 1. The fourth-order valence-corrected chi connectivity index (χ4v) is 2.45. The molecule has 0 saturated carbocycles. The van der Waals surface area contributed by atoms with E-state index in [-0.39, 0.29) is 17.4 Å². The van der Waals surface area contributed by atoms with Crippen LogP contribution in [-0.2, 0) is 14.4 Å². The number of carboxylic acids is 1. The molecular formula is C11H19N3O4S2. The van der Waals surface area contributed by atoms with Gasteiger partial charge in [0.1, 0.15) is 12.1 Å². The quantitative estimate of drug-likeness (QED) is 0.392. The SMILES string of the molecule is N[C@@H](CS)C(=O)N1CCC[C@H]1C(=O)N[C@@H](CS)C(=O)O. The Morgan fingerprint density at radius 2 is 2.00 bits per heavy atom. The third kappa shape index (κ3) is 4.03. The van der Waals surface area contributed by atoms with Gasteiger partial charge >= 0.3 is 5.97 Å². The number of nitrogens with one attached hydrogen (secondary N) is 1. The standard InChI is InChI=1S/C11H19N3O4S2/c12-6(4-19)10(16)14-3-1-2-8(14)9(15)13-7(5-20)11(17)18/h6-8,19-20H,1-5,12H2,(H,13,15)(H,17,18)/t6-,7-,8-/m0/s1. The summed E-state index contributed by atoms with van der Waals surface area (Å²) in [5.41, 5.74) is 5.63. The molecule has 114 valence electrons. The van der Waals surface area contributed by atoms with Crippen LogP contribution in [-0.4, -0.2) is 64.0 Å². The van der Waals surface area contributed by atoms with Crippen molar-refractivity contribution < 1.29 is 19.5 Å². The first-order valence-electron chi connectivity index (χ1n) is 6.23. The lowest BCUT2D eigenvalue weighted by molar-refractivity contribution is -0.143. The van der Waals surface area contributed by atoms with Gasteiger partial charge < -0.3 is 21.1 Å². The Hall–Kier alpha value is -0.930. The van der Waals surface area contributed by atoms with Crippen LogP contribution in [0.4, 0.5) is 0 Å². The lowest BCUT2D eigenvalue weighted by Gasteiger charge is -2.27. The summed E-state index contributed by atoms with van der Waals surface area (Å²) in [4.78, 5) is 36.4. The highest BCUT2D eigenvalue weighted by Crippen LogP contribution is 2.18. The van der Waals surface area contributed by atoms with Crippen molar-refractivity contribution in [2.75, 3.05) is 18.1 Å². The van der Waals surface area contributed by atoms with E-state index in [0.29, 0.717) is 19.4 Å². The Balaban J connectivity index is 2.71. The second kappa shape index (κ2) is 7.75. The number of thiol groups is 2. The molecule has 1 rings (SSSR count). The number of aliphatic carboxylic acids is 1. The predicted octanol–water partition coefficient (Wildman–Crippen LogP) is -1.27. The van der Waals surface area contributed by atoms with E-state index in [1.165, 1.54) is 4.90 Å². The summed E-state index contributed by atoms with van der Waals surface area (Å²) in [5, 5.41) is 11.3. The van der Waals surface area contributed by atoms with Crippen LogP contribution >= 0.6 is 25.3 Å². The number of hydrogen-bond acceptors (Lipinski definition) is 6. The Morgan fingerprint density at radius 1 is 1.35 bits per heavy atom. The van der Waals surface area contributed by atoms with Gasteiger partial charge in [0.2, 0.25) is 11.8 Å². The summed E-state index contributed by atoms with van der Waals surface area (Å²) in [5.74, 6) is -1.80. The molecule has 7 nitrogen and oxygen atoms in total. The fraction of sp³-hybridized carbons (Fsp3) is 0.727. The predicted molar refractivity (Wildman–Crippen MR) is 80.0 cm³/mol. The van der Waals surface area contributed by atoms with Crippen molar-refractivity contribution in [2.45, 2.75) is 31.0 Å². The van der Waals surface area contributed by atoms with Crippen molar-refractivity contribution in [3.05, 3.63) is 0 Å². The van der Waals surface area contributed by atoms with Crippen LogP contribution in [0.1, 0.15) is 12.8 Å². The smallest absolute Gasteiger partial charge is 0.327 e. The minimum absolute atomic E-state index is 0.0160. The normalized spacial score (nSPS) is 21.4. The molecule has 3 atom stereocenters. The minimum Gasteiger partial charge on any atom is -0.480 e. The molecule has 0 aromatic heterocycles. The van der Waals surface area contributed by atoms with Crippen LogP contribution in [0, 0.1) is 0 Å². The maximum atomic E-state index is 12.1. The van der Waals surface area contributed by atoms with Crippen LogP contribution in [0.25, 0.3) is 0 Å². The lowest BCUT2D eigenvalue weighted by Crippen LogP contribution is -2.54. The van der Waals surface area contributed by atoms with Crippen molar-refractivity contribution >= 4 is 43.0 Å². The molecule has 2 amide bonds. The van der Waals surface area contributed by atoms with E-state index < -0.39 is 30.0 Å². The van der Waals surface area contributed by atoms with Gasteiger partial charge in [-0.15, -0.1) is 0 Å². The van der Waals surface area contributed by atoms with Gasteiger partial charge in [-0.2, -0.15) is 25.3 Å². The van der Waals surface area contributed by atoms with Crippen LogP contribution in [0.5, 0.6) is 0 Å². The number of likely N-dealkylation sites (tertiary alicyclic amines) is 1. The van der Waals surface area contributed by atoms with E-state index in [1.54, 1.807) is 0 Å². The van der Waals surface area contributed by atoms with Gasteiger partial charge in [0.15, 0.2) is 0 Å². The highest BCUT2D eigenvalue weighted by atomic mass is 32.1. The van der Waals surface area contributed by atoms with Crippen molar-refractivity contribution in [3.63, 3.8) is 0 Å². The van der Waals surface area contributed by atoms with E-state index in [4.69, 9.17) is 10.8 Å². The van der Waals surface area contributed by atoms with Crippen LogP contribution < -0.4 is 11.1 Å². The monoisotopic (exact) mass is 321 g/mol. The van der Waals surface area contributed by atoms with E-state index in [1.807, 2.05) is 0 Å². The lowest BCUT2D eigenvalue weighted by atomic mass is 10.1. The zero-order valence-corrected chi connectivity index (χ0v) is 12.6. The average molecular weight is 321 g/mol. The summed E-state index contributed by atoms with van der Waals surface area (Å²) in [7, 11) is 0. The van der Waals surface area contributed by atoms with Gasteiger partial charge in [-0.1, -0.05) is 0 Å². The van der Waals surface area contributed by atoms with Gasteiger partial charge in [-0.3, -0.25) is 9.59 Å². The minimum atomic E-state index is -1.16. The second-order valence-corrected chi connectivity index (χ2v) is 5.29. The summed E-state index contributed by atoms with van der Waals surface area (Å²) in [6.07, 6.45) is 1.18. The number of carbonyl (C=O) groups is 3. The average Bonchev–Trinajstić information content (AvgIpc) is 2.91. The Labute approximate surface area is 128 Å². The highest BCUT2D eigenvalue weighted by molar-refractivity contribution is 7.80. The molecule has 9 heteroatoms. The number of carboxylic acid groups (broad SMARTS) is 1. The van der Waals surface area contributed by atoms with E-state index in [9.17, 15) is 14.4 Å². The second-order valence-electron chi connectivity index (χ2n) is 4.56. The van der Waals surface area contributed by atoms with E-state index in [0.717, 1.165) is 0 Å². The summed E-state index contributed by atoms with van der Waals surface area (Å²) >= 11 is 7.84. The molecule has 0 aliphatic carbocycles. The maximum absolute atomic E-state index is 12.1. The molecule has 0 aromatic carbocycles. The molecule has 1 heterocycles. The largest absolute Gasteiger partial charge is 0.480 e. The maximum Gasteiger partial charge on any atom is 0.327 e. The Kier molecular flexibility index (Phi) is 6.63. The third-order valence-electron chi connectivity index (χ3n) is 3.15. The molecule has 1 fully saturated rings. The van der Waals surface area contributed by atoms with Crippen LogP contribution in [0.3, 0.4) is 0 Å². The molecule has 1 aliphatic heterocycles. The van der Waals surface area contributed by atoms with E-state index in [2.05, 4.69) is 30.6 Å². The number of hydrogen-bond donors (Lipinski definition) is 5. The van der Waals surface area contributed by atoms with Crippen molar-refractivity contribution in [3.8, 4) is 0 Å². The Bertz CT molecular complexity index is 394. The number of nitrogens with two attached hydrogens (primary N) is 1. The first-order chi connectivity index (χ1) is 9.42. The highest BCUT2D eigenvalue weighted by Gasteiger charge is 2.36. The van der Waals surface area contributed by atoms with Crippen LogP contribution in [0.15, 0.2) is 0 Å². The van der Waals surface area contributed by atoms with Gasteiger partial charge in [-0.25, -0.2) is 4.79 Å². The van der Waals surface area contributed by atoms with Crippen molar-refractivity contribution in [1.29, 1.82) is 0 Å². The number of amides is 2. The first-order valence-corrected chi connectivity index (χ1v) is 7.49. The summed E-state index contributed by atoms with van der Waals surface area (Å²) < 4.78 is 0.